The monoisotopic (exact) mass is 672 g/mol. The summed E-state index contributed by atoms with van der Waals surface area (Å²) < 4.78 is 24.0. The van der Waals surface area contributed by atoms with E-state index in [1.54, 1.807) is 12.1 Å². The Balaban J connectivity index is 0. The van der Waals surface area contributed by atoms with E-state index in [1.165, 1.54) is 18.3 Å². The van der Waals surface area contributed by atoms with Crippen LogP contribution in [0.25, 0.3) is 11.2 Å². The number of aromatic nitrogens is 4. The molecule has 6 N–H and O–H groups in total. The van der Waals surface area contributed by atoms with Crippen molar-refractivity contribution in [3.05, 3.63) is 52.1 Å². The number of nitrogens with two attached hydrogens (primary N) is 1. The van der Waals surface area contributed by atoms with Crippen molar-refractivity contribution in [1.29, 1.82) is 0 Å². The van der Waals surface area contributed by atoms with Crippen LogP contribution in [-0.2, 0) is 80.9 Å². The maximum atomic E-state index is 12.3. The molecule has 213 valence electrons. The zero-order chi connectivity index (χ0) is 29.3. The Bertz CT molecular complexity index is 1290. The molecule has 17 nitrogen and oxygen atoms in total. The fraction of sp³-hybridized carbons (Fsp3) is 0.211. The first kappa shape index (κ1) is 37.5. The zero-order valence-electron chi connectivity index (χ0n) is 19.2. The average molecular weight is 672 g/mol. The van der Waals surface area contributed by atoms with Gasteiger partial charge in [0.15, 0.2) is 11.2 Å². The predicted molar refractivity (Wildman–Crippen MR) is 112 cm³/mol. The van der Waals surface area contributed by atoms with Gasteiger partial charge in [-0.3, -0.25) is 14.6 Å². The minimum absolute atomic E-state index is 0. The summed E-state index contributed by atoms with van der Waals surface area (Å²) >= 11 is 6.00. The molecule has 0 aliphatic heterocycles. The fourth-order valence-corrected chi connectivity index (χ4v) is 2.75. The molecule has 0 spiro atoms. The van der Waals surface area contributed by atoms with Crippen molar-refractivity contribution >= 4 is 40.6 Å². The summed E-state index contributed by atoms with van der Waals surface area (Å²) in [5.41, 5.74) is 6.43. The summed E-state index contributed by atoms with van der Waals surface area (Å²) in [5, 5.41) is 25.0. The number of carboxylic acid groups (broad SMARTS) is 2. The van der Waals surface area contributed by atoms with Crippen LogP contribution in [0.2, 0.25) is 0 Å². The van der Waals surface area contributed by atoms with Crippen LogP contribution in [-0.4, -0.2) is 48.9 Å². The number of H-pyrrole nitrogens is 1. The van der Waals surface area contributed by atoms with Gasteiger partial charge in [0.05, 0.1) is 18.4 Å². The van der Waals surface area contributed by atoms with Gasteiger partial charge in [0, 0.05) is 17.2 Å². The van der Waals surface area contributed by atoms with Gasteiger partial charge in [0.2, 0.25) is 5.95 Å². The van der Waals surface area contributed by atoms with E-state index < -0.39 is 35.9 Å². The molecule has 3 aromatic rings. The quantitative estimate of drug-likeness (QED) is 0.156. The predicted octanol–water partition coefficient (Wildman–Crippen LogP) is -1.86. The molecule has 0 aliphatic carbocycles. The number of carbonyl (C=O) groups excluding carboxylic acids is 2. The molecule has 3 rings (SSSR count). The van der Waals surface area contributed by atoms with Gasteiger partial charge in [-0.2, -0.15) is 4.98 Å². The van der Waals surface area contributed by atoms with Gasteiger partial charge in [-0.1, -0.05) is 0 Å². The van der Waals surface area contributed by atoms with Gasteiger partial charge in [-0.05, 0) is 37.1 Å². The van der Waals surface area contributed by atoms with Crippen LogP contribution in [0.3, 0.4) is 0 Å². The van der Waals surface area contributed by atoms with E-state index in [0.29, 0.717) is 11.4 Å². The first-order chi connectivity index (χ1) is 18.2. The summed E-state index contributed by atoms with van der Waals surface area (Å²) in [4.78, 5) is 60.4. The number of anilines is 2. The molecule has 0 saturated heterocycles. The normalized spacial score (nSPS) is 9.85. The third kappa shape index (κ3) is 12.6. The Hall–Kier alpha value is -3.63. The van der Waals surface area contributed by atoms with E-state index in [2.05, 4.69) is 30.6 Å². The molecule has 0 unspecified atom stereocenters. The van der Waals surface area contributed by atoms with Crippen LogP contribution in [0.1, 0.15) is 28.9 Å². The number of hydrogen-bond acceptors (Lipinski definition) is 13. The van der Waals surface area contributed by atoms with Gasteiger partial charge in [0.25, 0.3) is 11.5 Å². The van der Waals surface area contributed by atoms with Crippen molar-refractivity contribution in [1.82, 2.24) is 25.3 Å². The molecule has 1 amide bonds. The number of aliphatic carboxylic acids is 2. The minimum atomic E-state index is -1.40. The molecule has 0 aliphatic rings. The number of rotatable bonds is 9. The van der Waals surface area contributed by atoms with Gasteiger partial charge in [-0.15, -0.1) is 0 Å². The van der Waals surface area contributed by atoms with Crippen LogP contribution in [0.5, 0.6) is 0 Å². The van der Waals surface area contributed by atoms with E-state index in [9.17, 15) is 24.3 Å². The molecule has 39 heavy (non-hydrogen) atoms. The topological polar surface area (TPSA) is 296 Å². The summed E-state index contributed by atoms with van der Waals surface area (Å²) in [6.07, 6.45) is 0.662. The van der Waals surface area contributed by atoms with Crippen LogP contribution in [0, 0.1) is 0 Å². The van der Waals surface area contributed by atoms with E-state index in [0.717, 1.165) is 0 Å². The molecule has 1 atom stereocenters. The third-order valence-electron chi connectivity index (χ3n) is 4.35. The maximum absolute atomic E-state index is 12.3. The molecule has 2 heterocycles. The number of aromatic amines is 1. The van der Waals surface area contributed by atoms with Gasteiger partial charge < -0.3 is 36.9 Å². The number of nitrogens with zero attached hydrogens (tertiary/aromatic N) is 3. The van der Waals surface area contributed by atoms with Crippen LogP contribution in [0.4, 0.5) is 11.6 Å². The second-order valence-electron chi connectivity index (χ2n) is 6.69. The molecule has 0 fully saturated rings. The number of carboxylic acids is 2. The number of amides is 1. The number of nitrogen functional groups attached to an aromatic ring is 1. The third-order valence-corrected chi connectivity index (χ3v) is 4.35. The van der Waals surface area contributed by atoms with Crippen LogP contribution < -0.4 is 27.0 Å². The Morgan fingerprint density at radius 1 is 1.05 bits per heavy atom. The average Bonchev–Trinajstić information content (AvgIpc) is 2.93. The van der Waals surface area contributed by atoms with Gasteiger partial charge >= 0.3 is 65.3 Å². The Kier molecular flexibility index (Phi) is 19.6. The summed E-state index contributed by atoms with van der Waals surface area (Å²) in [7, 11) is 0. The summed E-state index contributed by atoms with van der Waals surface area (Å²) in [6, 6.07) is 4.78. The Morgan fingerprint density at radius 3 is 2.18 bits per heavy atom. The van der Waals surface area contributed by atoms with Gasteiger partial charge in [0.1, 0.15) is 6.04 Å². The molecular weight excluding hydrogens is 654 g/mol. The molecule has 0 bridgehead atoms. The van der Waals surface area contributed by atoms with Crippen LogP contribution in [0.15, 0.2) is 35.3 Å². The number of hydrogen-bond donors (Lipinski definition) is 5. The standard InChI is InChI=1S/C19H19N7O6.3Fe.4O/c20-19-25-15-14(17(30)26-19)23-11(8-22-15)7-21-10-3-1-9(2-4-10)16(29)24-12(18(31)32)5-6-13(27)28;;;;;;;/h1-4,8,12,21H,5-7H2,(H,24,29)(H,27,28)(H,31,32)(H3,20,22,25,26,30);;;;;;;/q;3*+1;;;;-2/p-1/t12-;;;;;;;/m0......./s1. The second-order valence-corrected chi connectivity index (χ2v) is 6.69. The van der Waals surface area contributed by atoms with Crippen LogP contribution >= 0.6 is 0 Å². The van der Waals surface area contributed by atoms with Crippen molar-refractivity contribution < 1.29 is 89.4 Å². The summed E-state index contributed by atoms with van der Waals surface area (Å²) in [5.74, 6) is -3.46. The van der Waals surface area contributed by atoms with E-state index in [4.69, 9.17) is 22.3 Å². The zero-order valence-corrected chi connectivity index (χ0v) is 22.5. The first-order valence-corrected chi connectivity index (χ1v) is 11.1. The van der Waals surface area contributed by atoms with Crippen molar-refractivity contribution in [3.63, 3.8) is 0 Å². The van der Waals surface area contributed by atoms with E-state index in [1.807, 2.05) is 47.8 Å². The Labute approximate surface area is 243 Å². The fourth-order valence-electron chi connectivity index (χ4n) is 2.75. The van der Waals surface area contributed by atoms with E-state index in [-0.39, 0.29) is 41.1 Å². The molecule has 1 aromatic carbocycles. The number of fused-ring (bicyclic) bond motifs is 1. The van der Waals surface area contributed by atoms with Crippen molar-refractivity contribution in [2.75, 3.05) is 11.1 Å². The van der Waals surface area contributed by atoms with Crippen molar-refractivity contribution in [2.24, 2.45) is 0 Å². The summed E-state index contributed by atoms with van der Waals surface area (Å²) in [6.45, 7) is 0.225. The van der Waals surface area contributed by atoms with Gasteiger partial charge in [-0.25, -0.2) is 14.8 Å². The number of benzene rings is 1. The second kappa shape index (κ2) is 20.3. The van der Waals surface area contributed by atoms with Crippen molar-refractivity contribution in [3.8, 4) is 0 Å². The van der Waals surface area contributed by atoms with Crippen molar-refractivity contribution in [2.45, 2.75) is 25.4 Å². The number of carbonyl (C=O) groups is 3. The Morgan fingerprint density at radius 2 is 1.64 bits per heavy atom. The molecule has 20 heteroatoms. The first-order valence-electron chi connectivity index (χ1n) is 9.75. The number of nitrogens with one attached hydrogen (secondary N) is 3. The molecule has 0 radical (unpaired) electrons. The molecule has 2 aromatic heterocycles. The molecule has 0 saturated carbocycles. The van der Waals surface area contributed by atoms with E-state index >= 15 is 0 Å². The molecular formula is C19H18Fe3N7O10. The SMILES string of the molecule is Nc1nc2ncc(CNc3ccc(C(=O)N[C@@H](CCC(=O)[O-])C(=O)O)cc3)nc2c(=O)[nH]1.[O-2].[O]=[Fe+].[O]=[Fe+].[O]=[Fe+].